The van der Waals surface area contributed by atoms with Crippen molar-refractivity contribution in [3.05, 3.63) is 28.8 Å². The highest BCUT2D eigenvalue weighted by molar-refractivity contribution is 6.33. The largest absolute Gasteiger partial charge is 0.462 e. The molecule has 4 heteroatoms. The Morgan fingerprint density at radius 2 is 2.00 bits per heavy atom. The summed E-state index contributed by atoms with van der Waals surface area (Å²) in [5.74, 6) is -0.379. The summed E-state index contributed by atoms with van der Waals surface area (Å²) in [4.78, 5) is 11.7. The number of rotatable bonds is 7. The molecule has 0 unspecified atom stereocenters. The van der Waals surface area contributed by atoms with Crippen LogP contribution in [0.3, 0.4) is 0 Å². The lowest BCUT2D eigenvalue weighted by atomic mass is 10.2. The zero-order chi connectivity index (χ0) is 13.4. The number of nitrogen functional groups attached to an aromatic ring is 1. The van der Waals surface area contributed by atoms with Gasteiger partial charge in [0.2, 0.25) is 0 Å². The lowest BCUT2D eigenvalue weighted by molar-refractivity contribution is 0.0498. The Kier molecular flexibility index (Phi) is 6.58. The molecule has 1 aromatic carbocycles. The Morgan fingerprint density at radius 3 is 2.67 bits per heavy atom. The maximum absolute atomic E-state index is 11.7. The number of esters is 1. The van der Waals surface area contributed by atoms with Gasteiger partial charge in [-0.3, -0.25) is 0 Å². The van der Waals surface area contributed by atoms with Crippen molar-refractivity contribution >= 4 is 23.3 Å². The fraction of sp³-hybridized carbons (Fsp3) is 0.500. The van der Waals surface area contributed by atoms with Crippen molar-refractivity contribution in [1.82, 2.24) is 0 Å². The first-order chi connectivity index (χ1) is 8.65. The number of anilines is 1. The van der Waals surface area contributed by atoms with Crippen LogP contribution in [-0.2, 0) is 4.74 Å². The van der Waals surface area contributed by atoms with Gasteiger partial charge in [0.15, 0.2) is 0 Å². The van der Waals surface area contributed by atoms with Crippen molar-refractivity contribution in [2.45, 2.75) is 39.0 Å². The summed E-state index contributed by atoms with van der Waals surface area (Å²) >= 11 is 5.92. The number of carbonyl (C=O) groups is 1. The van der Waals surface area contributed by atoms with Crippen molar-refractivity contribution in [2.24, 2.45) is 0 Å². The topological polar surface area (TPSA) is 52.3 Å². The van der Waals surface area contributed by atoms with Crippen molar-refractivity contribution in [1.29, 1.82) is 0 Å². The average Bonchev–Trinajstić information content (AvgIpc) is 2.33. The summed E-state index contributed by atoms with van der Waals surface area (Å²) in [6, 6.07) is 4.79. The second-order valence-corrected chi connectivity index (χ2v) is 4.70. The molecule has 0 bridgehead atoms. The highest BCUT2D eigenvalue weighted by atomic mass is 35.5. The third-order valence-electron chi connectivity index (χ3n) is 2.69. The summed E-state index contributed by atoms with van der Waals surface area (Å²) < 4.78 is 5.16. The van der Waals surface area contributed by atoms with Crippen LogP contribution in [-0.4, -0.2) is 12.6 Å². The molecule has 0 amide bonds. The van der Waals surface area contributed by atoms with Gasteiger partial charge < -0.3 is 10.5 Å². The first-order valence-corrected chi connectivity index (χ1v) is 6.75. The molecular weight excluding hydrogens is 250 g/mol. The molecule has 0 fully saturated rings. The van der Waals surface area contributed by atoms with Crippen LogP contribution in [0.15, 0.2) is 18.2 Å². The number of halogens is 1. The molecule has 0 aliphatic rings. The van der Waals surface area contributed by atoms with Gasteiger partial charge in [-0.15, -0.1) is 0 Å². The summed E-state index contributed by atoms with van der Waals surface area (Å²) in [6.45, 7) is 2.62. The quantitative estimate of drug-likeness (QED) is 0.462. The summed E-state index contributed by atoms with van der Waals surface area (Å²) in [5.41, 5.74) is 6.47. The predicted molar refractivity (Wildman–Crippen MR) is 74.9 cm³/mol. The Balaban J connectivity index is 2.32. The summed E-state index contributed by atoms with van der Waals surface area (Å²) in [6.07, 6.45) is 5.63. The molecule has 1 aromatic rings. The van der Waals surface area contributed by atoms with Crippen LogP contribution < -0.4 is 5.73 Å². The molecule has 3 nitrogen and oxygen atoms in total. The lowest BCUT2D eigenvalue weighted by Crippen LogP contribution is -2.07. The minimum atomic E-state index is -0.379. The maximum atomic E-state index is 11.7. The van der Waals surface area contributed by atoms with Gasteiger partial charge in [0.1, 0.15) is 0 Å². The molecule has 1 rings (SSSR count). The number of nitrogens with two attached hydrogens (primary N) is 1. The van der Waals surface area contributed by atoms with Crippen LogP contribution >= 0.6 is 11.6 Å². The molecular formula is C14H20ClNO2. The first-order valence-electron chi connectivity index (χ1n) is 6.37. The number of hydrogen-bond acceptors (Lipinski definition) is 3. The molecule has 0 aromatic heterocycles. The van der Waals surface area contributed by atoms with Gasteiger partial charge in [-0.2, -0.15) is 0 Å². The van der Waals surface area contributed by atoms with E-state index in [1.54, 1.807) is 18.2 Å². The Labute approximate surface area is 113 Å². The first kappa shape index (κ1) is 14.8. The standard InChI is InChI=1S/C14H20ClNO2/c1-2-3-4-5-6-9-18-14(17)12-8-7-11(16)10-13(12)15/h7-8,10H,2-6,9,16H2,1H3. The second kappa shape index (κ2) is 7.98. The molecule has 0 aliphatic carbocycles. The van der Waals surface area contributed by atoms with Crippen LogP contribution in [0, 0.1) is 0 Å². The van der Waals surface area contributed by atoms with Crippen LogP contribution in [0.2, 0.25) is 5.02 Å². The molecule has 0 heterocycles. The van der Waals surface area contributed by atoms with Crippen LogP contribution in [0.25, 0.3) is 0 Å². The Morgan fingerprint density at radius 1 is 1.28 bits per heavy atom. The molecule has 0 atom stereocenters. The molecule has 0 radical (unpaired) electrons. The van der Waals surface area contributed by atoms with E-state index in [-0.39, 0.29) is 5.97 Å². The molecule has 100 valence electrons. The van der Waals surface area contributed by atoms with Crippen molar-refractivity contribution in [3.8, 4) is 0 Å². The van der Waals surface area contributed by atoms with Gasteiger partial charge in [-0.1, -0.05) is 44.2 Å². The van der Waals surface area contributed by atoms with E-state index in [1.165, 1.54) is 19.3 Å². The number of unbranched alkanes of at least 4 members (excludes halogenated alkanes) is 4. The molecule has 0 saturated carbocycles. The molecule has 18 heavy (non-hydrogen) atoms. The van der Waals surface area contributed by atoms with Crippen molar-refractivity contribution in [3.63, 3.8) is 0 Å². The smallest absolute Gasteiger partial charge is 0.339 e. The number of benzene rings is 1. The van der Waals surface area contributed by atoms with Gasteiger partial charge in [0.05, 0.1) is 17.2 Å². The zero-order valence-corrected chi connectivity index (χ0v) is 11.5. The Bertz CT molecular complexity index is 393. The fourth-order valence-corrected chi connectivity index (χ4v) is 1.91. The van der Waals surface area contributed by atoms with Gasteiger partial charge in [-0.25, -0.2) is 4.79 Å². The third kappa shape index (κ3) is 4.96. The van der Waals surface area contributed by atoms with Gasteiger partial charge >= 0.3 is 5.97 Å². The summed E-state index contributed by atoms with van der Waals surface area (Å²) in [5, 5.41) is 0.339. The lowest BCUT2D eigenvalue weighted by Gasteiger charge is -2.06. The highest BCUT2D eigenvalue weighted by Gasteiger charge is 2.11. The second-order valence-electron chi connectivity index (χ2n) is 4.29. The monoisotopic (exact) mass is 269 g/mol. The fourth-order valence-electron chi connectivity index (χ4n) is 1.65. The van der Waals surface area contributed by atoms with E-state index in [1.807, 2.05) is 0 Å². The predicted octanol–water partition coefficient (Wildman–Crippen LogP) is 4.05. The van der Waals surface area contributed by atoms with Crippen LogP contribution in [0.4, 0.5) is 5.69 Å². The molecule has 2 N–H and O–H groups in total. The molecule has 0 aliphatic heterocycles. The number of hydrogen-bond donors (Lipinski definition) is 1. The SMILES string of the molecule is CCCCCCCOC(=O)c1ccc(N)cc1Cl. The van der Waals surface area contributed by atoms with E-state index in [0.29, 0.717) is 22.9 Å². The van der Waals surface area contributed by atoms with Crippen molar-refractivity contribution < 1.29 is 9.53 Å². The van der Waals surface area contributed by atoms with Crippen molar-refractivity contribution in [2.75, 3.05) is 12.3 Å². The molecule has 0 saturated heterocycles. The maximum Gasteiger partial charge on any atom is 0.339 e. The van der Waals surface area contributed by atoms with E-state index in [9.17, 15) is 4.79 Å². The summed E-state index contributed by atoms with van der Waals surface area (Å²) in [7, 11) is 0. The van der Waals surface area contributed by atoms with Gasteiger partial charge in [-0.05, 0) is 24.6 Å². The van der Waals surface area contributed by atoms with E-state index in [0.717, 1.165) is 12.8 Å². The third-order valence-corrected chi connectivity index (χ3v) is 3.01. The minimum absolute atomic E-state index is 0.339. The number of ether oxygens (including phenoxy) is 1. The van der Waals surface area contributed by atoms with Gasteiger partial charge in [0.25, 0.3) is 0 Å². The van der Waals surface area contributed by atoms with E-state index in [2.05, 4.69) is 6.92 Å². The minimum Gasteiger partial charge on any atom is -0.462 e. The Hall–Kier alpha value is -1.22. The number of carbonyl (C=O) groups excluding carboxylic acids is 1. The molecule has 0 spiro atoms. The van der Waals surface area contributed by atoms with Crippen LogP contribution in [0.5, 0.6) is 0 Å². The normalized spacial score (nSPS) is 10.3. The van der Waals surface area contributed by atoms with E-state index >= 15 is 0 Å². The van der Waals surface area contributed by atoms with E-state index in [4.69, 9.17) is 22.1 Å². The van der Waals surface area contributed by atoms with Gasteiger partial charge in [0, 0.05) is 5.69 Å². The highest BCUT2D eigenvalue weighted by Crippen LogP contribution is 2.20. The van der Waals surface area contributed by atoms with E-state index < -0.39 is 0 Å². The average molecular weight is 270 g/mol. The van der Waals surface area contributed by atoms with Crippen LogP contribution in [0.1, 0.15) is 49.4 Å². The zero-order valence-electron chi connectivity index (χ0n) is 10.7.